The van der Waals surface area contributed by atoms with Gasteiger partial charge in [0.05, 0.1) is 16.5 Å². The molecule has 0 spiro atoms. The molecule has 2 aromatic carbocycles. The summed E-state index contributed by atoms with van der Waals surface area (Å²) in [7, 11) is 0. The van der Waals surface area contributed by atoms with Crippen molar-refractivity contribution >= 4 is 39.3 Å². The molecule has 1 unspecified atom stereocenters. The van der Waals surface area contributed by atoms with Gasteiger partial charge in [-0.25, -0.2) is 8.78 Å². The molecular weight excluding hydrogens is 474 g/mol. The molecule has 1 N–H and O–H groups in total. The van der Waals surface area contributed by atoms with Crippen molar-refractivity contribution < 1.29 is 13.6 Å². The molecular formula is C21H21BrF2N4OS. The standard InChI is InChI=1S/C21H21BrF2N4OS/c1-12(2)11-28-19(15-6-4-5-7-16(15)23)26-27-21(28)30-13(3)20(29)25-18-9-8-14(22)10-17(18)24/h4-10,12-13H,11H2,1-3H3,(H,25,29). The average molecular weight is 495 g/mol. The average Bonchev–Trinajstić information content (AvgIpc) is 3.05. The minimum Gasteiger partial charge on any atom is -0.323 e. The summed E-state index contributed by atoms with van der Waals surface area (Å²) < 4.78 is 30.7. The minimum atomic E-state index is -0.573. The molecule has 0 fully saturated rings. The number of carbonyl (C=O) groups is 1. The lowest BCUT2D eigenvalue weighted by Gasteiger charge is -2.15. The summed E-state index contributed by atoms with van der Waals surface area (Å²) in [6.07, 6.45) is 0. The van der Waals surface area contributed by atoms with Crippen LogP contribution >= 0.6 is 27.7 Å². The number of aromatic nitrogens is 3. The van der Waals surface area contributed by atoms with Gasteiger partial charge >= 0.3 is 0 Å². The van der Waals surface area contributed by atoms with Crippen LogP contribution in [0.3, 0.4) is 0 Å². The molecule has 3 rings (SSSR count). The summed E-state index contributed by atoms with van der Waals surface area (Å²) in [5.74, 6) is -0.613. The van der Waals surface area contributed by atoms with E-state index in [9.17, 15) is 13.6 Å². The van der Waals surface area contributed by atoms with Crippen molar-refractivity contribution in [2.45, 2.75) is 37.7 Å². The molecule has 0 aliphatic rings. The predicted octanol–water partition coefficient (Wildman–Crippen LogP) is 5.76. The minimum absolute atomic E-state index is 0.103. The normalized spacial score (nSPS) is 12.2. The summed E-state index contributed by atoms with van der Waals surface area (Å²) in [5, 5.41) is 10.9. The molecule has 9 heteroatoms. The molecule has 1 aromatic heterocycles. The molecule has 0 bridgehead atoms. The van der Waals surface area contributed by atoms with Crippen molar-refractivity contribution in [3.8, 4) is 11.4 Å². The number of thioether (sulfide) groups is 1. The summed E-state index contributed by atoms with van der Waals surface area (Å²) in [6, 6.07) is 10.8. The van der Waals surface area contributed by atoms with E-state index in [4.69, 9.17) is 0 Å². The summed E-state index contributed by atoms with van der Waals surface area (Å²) in [6.45, 7) is 6.33. The van der Waals surface area contributed by atoms with E-state index >= 15 is 0 Å². The Hall–Kier alpha value is -2.26. The Bertz CT molecular complexity index is 1060. The molecule has 0 aliphatic carbocycles. The van der Waals surface area contributed by atoms with E-state index in [0.29, 0.717) is 27.6 Å². The van der Waals surface area contributed by atoms with Crippen LogP contribution < -0.4 is 5.32 Å². The van der Waals surface area contributed by atoms with Crippen LogP contribution in [-0.4, -0.2) is 25.9 Å². The Morgan fingerprint density at radius 1 is 1.13 bits per heavy atom. The largest absolute Gasteiger partial charge is 0.323 e. The van der Waals surface area contributed by atoms with Gasteiger partial charge in [-0.2, -0.15) is 0 Å². The fraction of sp³-hybridized carbons (Fsp3) is 0.286. The fourth-order valence-electron chi connectivity index (χ4n) is 2.78. The maximum atomic E-state index is 14.3. The second-order valence-electron chi connectivity index (χ2n) is 7.16. The molecule has 1 amide bonds. The number of halogens is 3. The first-order chi connectivity index (χ1) is 14.3. The fourth-order valence-corrected chi connectivity index (χ4v) is 3.98. The van der Waals surface area contributed by atoms with Crippen molar-refractivity contribution in [3.63, 3.8) is 0 Å². The SMILES string of the molecule is CC(C)Cn1c(SC(C)C(=O)Nc2ccc(Br)cc2F)nnc1-c1ccccc1F. The first kappa shape index (κ1) is 22.4. The number of anilines is 1. The van der Waals surface area contributed by atoms with Gasteiger partial charge in [0.25, 0.3) is 0 Å². The highest BCUT2D eigenvalue weighted by molar-refractivity contribution is 9.10. The Kier molecular flexibility index (Phi) is 7.25. The van der Waals surface area contributed by atoms with Gasteiger partial charge in [-0.05, 0) is 43.2 Å². The smallest absolute Gasteiger partial charge is 0.237 e. The number of nitrogens with zero attached hydrogens (tertiary/aromatic N) is 3. The van der Waals surface area contributed by atoms with Crippen LogP contribution in [0, 0.1) is 17.6 Å². The number of nitrogens with one attached hydrogen (secondary N) is 1. The first-order valence-electron chi connectivity index (χ1n) is 9.37. The van der Waals surface area contributed by atoms with Gasteiger partial charge in [-0.15, -0.1) is 10.2 Å². The lowest BCUT2D eigenvalue weighted by Crippen LogP contribution is -2.23. The molecule has 1 atom stereocenters. The number of hydrogen-bond acceptors (Lipinski definition) is 4. The van der Waals surface area contributed by atoms with E-state index in [-0.39, 0.29) is 23.3 Å². The zero-order chi connectivity index (χ0) is 21.8. The molecule has 0 saturated heterocycles. The van der Waals surface area contributed by atoms with Gasteiger partial charge in [0.1, 0.15) is 11.6 Å². The van der Waals surface area contributed by atoms with E-state index < -0.39 is 11.1 Å². The lowest BCUT2D eigenvalue weighted by atomic mass is 10.2. The van der Waals surface area contributed by atoms with E-state index in [0.717, 1.165) is 0 Å². The maximum Gasteiger partial charge on any atom is 0.237 e. The third-order valence-electron chi connectivity index (χ3n) is 4.22. The lowest BCUT2D eigenvalue weighted by molar-refractivity contribution is -0.115. The third kappa shape index (κ3) is 5.26. The third-order valence-corrected chi connectivity index (χ3v) is 5.79. The van der Waals surface area contributed by atoms with Gasteiger partial charge in [0.2, 0.25) is 5.91 Å². The van der Waals surface area contributed by atoms with Crippen LogP contribution in [0.25, 0.3) is 11.4 Å². The monoisotopic (exact) mass is 494 g/mol. The van der Waals surface area contributed by atoms with Crippen LogP contribution in [-0.2, 0) is 11.3 Å². The highest BCUT2D eigenvalue weighted by Crippen LogP contribution is 2.30. The number of benzene rings is 2. The Labute approximate surface area is 186 Å². The molecule has 158 valence electrons. The summed E-state index contributed by atoms with van der Waals surface area (Å²) in [5.41, 5.74) is 0.456. The predicted molar refractivity (Wildman–Crippen MR) is 118 cm³/mol. The molecule has 5 nitrogen and oxygen atoms in total. The highest BCUT2D eigenvalue weighted by atomic mass is 79.9. The van der Waals surface area contributed by atoms with E-state index in [1.54, 1.807) is 31.2 Å². The number of amides is 1. The zero-order valence-corrected chi connectivity index (χ0v) is 19.1. The van der Waals surface area contributed by atoms with E-state index in [2.05, 4.69) is 31.4 Å². The molecule has 3 aromatic rings. The van der Waals surface area contributed by atoms with Crippen LogP contribution in [0.1, 0.15) is 20.8 Å². The molecule has 30 heavy (non-hydrogen) atoms. The Morgan fingerprint density at radius 3 is 2.53 bits per heavy atom. The Balaban J connectivity index is 1.83. The van der Waals surface area contributed by atoms with Crippen LogP contribution in [0.2, 0.25) is 0 Å². The molecule has 0 radical (unpaired) electrons. The van der Waals surface area contributed by atoms with Gasteiger partial charge in [-0.1, -0.05) is 53.7 Å². The number of hydrogen-bond donors (Lipinski definition) is 1. The van der Waals surface area contributed by atoms with Gasteiger partial charge in [-0.3, -0.25) is 4.79 Å². The quantitative estimate of drug-likeness (QED) is 0.424. The van der Waals surface area contributed by atoms with Crippen molar-refractivity contribution in [1.82, 2.24) is 14.8 Å². The van der Waals surface area contributed by atoms with Crippen molar-refractivity contribution in [2.75, 3.05) is 5.32 Å². The first-order valence-corrected chi connectivity index (χ1v) is 11.0. The molecule has 0 aliphatic heterocycles. The number of rotatable bonds is 7. The van der Waals surface area contributed by atoms with Crippen LogP contribution in [0.4, 0.5) is 14.5 Å². The zero-order valence-electron chi connectivity index (χ0n) is 16.7. The second-order valence-corrected chi connectivity index (χ2v) is 9.39. The van der Waals surface area contributed by atoms with Crippen LogP contribution in [0.15, 0.2) is 52.1 Å². The van der Waals surface area contributed by atoms with Gasteiger partial charge < -0.3 is 9.88 Å². The number of carbonyl (C=O) groups excluding carboxylic acids is 1. The van der Waals surface area contributed by atoms with Crippen molar-refractivity contribution in [3.05, 3.63) is 58.6 Å². The van der Waals surface area contributed by atoms with E-state index in [1.165, 1.54) is 30.0 Å². The van der Waals surface area contributed by atoms with Crippen molar-refractivity contribution in [2.24, 2.45) is 5.92 Å². The van der Waals surface area contributed by atoms with Crippen molar-refractivity contribution in [1.29, 1.82) is 0 Å². The summed E-state index contributed by atoms with van der Waals surface area (Å²) >= 11 is 4.38. The van der Waals surface area contributed by atoms with Gasteiger partial charge in [0.15, 0.2) is 11.0 Å². The highest BCUT2D eigenvalue weighted by Gasteiger charge is 2.23. The van der Waals surface area contributed by atoms with Gasteiger partial charge in [0, 0.05) is 11.0 Å². The molecule has 0 saturated carbocycles. The van der Waals surface area contributed by atoms with E-state index in [1.807, 2.05) is 18.4 Å². The summed E-state index contributed by atoms with van der Waals surface area (Å²) in [4.78, 5) is 12.6. The second kappa shape index (κ2) is 9.70. The topological polar surface area (TPSA) is 59.8 Å². The molecule has 1 heterocycles. The Morgan fingerprint density at radius 2 is 1.87 bits per heavy atom. The maximum absolute atomic E-state index is 14.3. The van der Waals surface area contributed by atoms with Crippen LogP contribution in [0.5, 0.6) is 0 Å².